The summed E-state index contributed by atoms with van der Waals surface area (Å²) < 4.78 is 21.4. The van der Waals surface area contributed by atoms with Gasteiger partial charge < -0.3 is 18.9 Å². The van der Waals surface area contributed by atoms with Crippen molar-refractivity contribution in [2.45, 2.75) is 38.9 Å². The van der Waals surface area contributed by atoms with Crippen LogP contribution >= 0.6 is 0 Å². The molecule has 0 saturated carbocycles. The zero-order valence-electron chi connectivity index (χ0n) is 21.1. The molecule has 0 heterocycles. The predicted octanol–water partition coefficient (Wildman–Crippen LogP) is 5.23. The molecule has 3 aromatic rings. The fraction of sp³-hybridized carbons (Fsp3) is 0.300. The third kappa shape index (κ3) is 8.79. The third-order valence-electron chi connectivity index (χ3n) is 5.84. The summed E-state index contributed by atoms with van der Waals surface area (Å²) in [6.45, 7) is 2.00. The van der Waals surface area contributed by atoms with Crippen molar-refractivity contribution in [3.63, 3.8) is 0 Å². The van der Waals surface area contributed by atoms with Gasteiger partial charge in [0.15, 0.2) is 5.92 Å². The summed E-state index contributed by atoms with van der Waals surface area (Å²) in [4.78, 5) is 38.8. The average molecular weight is 505 g/mol. The van der Waals surface area contributed by atoms with E-state index in [0.717, 1.165) is 16.7 Å². The molecule has 0 spiro atoms. The number of hydrogen-bond acceptors (Lipinski definition) is 7. The van der Waals surface area contributed by atoms with Crippen molar-refractivity contribution in [2.75, 3.05) is 13.7 Å². The molecule has 0 aliphatic heterocycles. The van der Waals surface area contributed by atoms with Gasteiger partial charge in [-0.2, -0.15) is 0 Å². The van der Waals surface area contributed by atoms with Crippen LogP contribution in [0.3, 0.4) is 0 Å². The number of esters is 3. The average Bonchev–Trinajstić information content (AvgIpc) is 2.94. The zero-order valence-corrected chi connectivity index (χ0v) is 21.1. The molecule has 1 atom stereocenters. The lowest BCUT2D eigenvalue weighted by Crippen LogP contribution is -2.30. The topological polar surface area (TPSA) is 88.1 Å². The first-order valence-electron chi connectivity index (χ1n) is 12.2. The van der Waals surface area contributed by atoms with Gasteiger partial charge in [-0.1, -0.05) is 72.8 Å². The highest BCUT2D eigenvalue weighted by Crippen LogP contribution is 2.31. The van der Waals surface area contributed by atoms with Crippen LogP contribution in [0.4, 0.5) is 0 Å². The maximum Gasteiger partial charge on any atom is 0.320 e. The Bertz CT molecular complexity index is 1070. The number of carbonyl (C=O) groups excluding carboxylic acids is 3. The molecule has 0 N–H and O–H groups in total. The summed E-state index contributed by atoms with van der Waals surface area (Å²) >= 11 is 0. The van der Waals surface area contributed by atoms with Gasteiger partial charge in [-0.25, -0.2) is 0 Å². The molecule has 7 nitrogen and oxygen atoms in total. The lowest BCUT2D eigenvalue weighted by molar-refractivity contribution is -0.164. The molecule has 194 valence electrons. The van der Waals surface area contributed by atoms with Gasteiger partial charge in [0.2, 0.25) is 0 Å². The van der Waals surface area contributed by atoms with Crippen molar-refractivity contribution in [3.8, 4) is 5.75 Å². The van der Waals surface area contributed by atoms with E-state index in [1.165, 1.54) is 0 Å². The number of hydrogen-bond donors (Lipinski definition) is 0. The predicted molar refractivity (Wildman–Crippen MR) is 138 cm³/mol. The molecule has 1 unspecified atom stereocenters. The summed E-state index contributed by atoms with van der Waals surface area (Å²) in [5, 5.41) is 0. The van der Waals surface area contributed by atoms with Crippen LogP contribution in [0.2, 0.25) is 0 Å². The van der Waals surface area contributed by atoms with Crippen molar-refractivity contribution >= 4 is 17.9 Å². The molecule has 0 aromatic heterocycles. The molecule has 7 heteroatoms. The molecule has 0 aliphatic rings. The second kappa shape index (κ2) is 14.4. The summed E-state index contributed by atoms with van der Waals surface area (Å²) in [7, 11) is 1.56. The van der Waals surface area contributed by atoms with Gasteiger partial charge in [0.1, 0.15) is 19.0 Å². The minimum atomic E-state index is -1.23. The van der Waals surface area contributed by atoms with Crippen LogP contribution in [0.5, 0.6) is 5.75 Å². The van der Waals surface area contributed by atoms with E-state index in [1.807, 2.05) is 72.8 Å². The van der Waals surface area contributed by atoms with E-state index in [2.05, 4.69) is 0 Å². The highest BCUT2D eigenvalue weighted by molar-refractivity contribution is 5.95. The van der Waals surface area contributed by atoms with Crippen molar-refractivity contribution in [1.82, 2.24) is 0 Å². The molecule has 0 bridgehead atoms. The van der Waals surface area contributed by atoms with Crippen LogP contribution in [-0.2, 0) is 41.8 Å². The Morgan fingerprint density at radius 3 is 1.68 bits per heavy atom. The van der Waals surface area contributed by atoms with E-state index in [0.29, 0.717) is 5.75 Å². The van der Waals surface area contributed by atoms with Gasteiger partial charge in [-0.05, 0) is 48.1 Å². The maximum absolute atomic E-state index is 13.2. The van der Waals surface area contributed by atoms with Crippen molar-refractivity contribution in [2.24, 2.45) is 5.92 Å². The SMILES string of the molecule is CCOC(=O)CC(CC(C(=O)OCc1ccccc1)C(=O)OCc1ccccc1)c1ccc(OC)cc1. The highest BCUT2D eigenvalue weighted by Gasteiger charge is 2.34. The Morgan fingerprint density at radius 1 is 0.703 bits per heavy atom. The largest absolute Gasteiger partial charge is 0.497 e. The van der Waals surface area contributed by atoms with E-state index in [4.69, 9.17) is 18.9 Å². The first-order valence-corrected chi connectivity index (χ1v) is 12.2. The van der Waals surface area contributed by atoms with Gasteiger partial charge >= 0.3 is 17.9 Å². The third-order valence-corrected chi connectivity index (χ3v) is 5.84. The quantitative estimate of drug-likeness (QED) is 0.179. The van der Waals surface area contributed by atoms with E-state index in [1.54, 1.807) is 26.2 Å². The van der Waals surface area contributed by atoms with E-state index in [-0.39, 0.29) is 32.7 Å². The summed E-state index contributed by atoms with van der Waals surface area (Å²) in [6, 6.07) is 25.6. The Labute approximate surface area is 217 Å². The fourth-order valence-electron chi connectivity index (χ4n) is 3.87. The van der Waals surface area contributed by atoms with Crippen molar-refractivity contribution in [3.05, 3.63) is 102 Å². The van der Waals surface area contributed by atoms with Gasteiger partial charge in [0.25, 0.3) is 0 Å². The lowest BCUT2D eigenvalue weighted by atomic mass is 9.86. The monoisotopic (exact) mass is 504 g/mol. The first-order chi connectivity index (χ1) is 18.0. The minimum absolute atomic E-state index is 0.00536. The van der Waals surface area contributed by atoms with Gasteiger partial charge in [-0.3, -0.25) is 14.4 Å². The Hall–Kier alpha value is -4.13. The van der Waals surface area contributed by atoms with E-state index >= 15 is 0 Å². The van der Waals surface area contributed by atoms with E-state index < -0.39 is 29.7 Å². The fourth-order valence-corrected chi connectivity index (χ4v) is 3.87. The Kier molecular flexibility index (Phi) is 10.7. The second-order valence-corrected chi connectivity index (χ2v) is 8.45. The van der Waals surface area contributed by atoms with Gasteiger partial charge in [0.05, 0.1) is 20.1 Å². The molecular formula is C30H32O7. The normalized spacial score (nSPS) is 11.4. The molecule has 0 radical (unpaired) electrons. The molecule has 37 heavy (non-hydrogen) atoms. The smallest absolute Gasteiger partial charge is 0.320 e. The zero-order chi connectivity index (χ0) is 26.5. The van der Waals surface area contributed by atoms with Crippen LogP contribution in [-0.4, -0.2) is 31.6 Å². The standard InChI is InChI=1S/C30H32O7/c1-3-35-28(31)19-25(24-14-16-26(34-2)17-15-24)18-27(29(32)36-20-22-10-6-4-7-11-22)30(33)37-21-23-12-8-5-9-13-23/h4-17,25,27H,3,18-21H2,1-2H3. The number of benzene rings is 3. The Balaban J connectivity index is 1.81. The highest BCUT2D eigenvalue weighted by atomic mass is 16.6. The van der Waals surface area contributed by atoms with Crippen LogP contribution < -0.4 is 4.74 Å². The molecule has 0 fully saturated rings. The van der Waals surface area contributed by atoms with E-state index in [9.17, 15) is 14.4 Å². The minimum Gasteiger partial charge on any atom is -0.497 e. The lowest BCUT2D eigenvalue weighted by Gasteiger charge is -2.22. The molecular weight excluding hydrogens is 472 g/mol. The number of rotatable bonds is 13. The number of ether oxygens (including phenoxy) is 4. The summed E-state index contributed by atoms with van der Waals surface area (Å²) in [5.41, 5.74) is 2.36. The van der Waals surface area contributed by atoms with Crippen LogP contribution in [0.25, 0.3) is 0 Å². The van der Waals surface area contributed by atoms with Crippen LogP contribution in [0.1, 0.15) is 42.4 Å². The van der Waals surface area contributed by atoms with Crippen molar-refractivity contribution < 1.29 is 33.3 Å². The molecule has 0 amide bonds. The maximum atomic E-state index is 13.2. The second-order valence-electron chi connectivity index (χ2n) is 8.45. The van der Waals surface area contributed by atoms with Crippen molar-refractivity contribution in [1.29, 1.82) is 0 Å². The summed E-state index contributed by atoms with van der Waals surface area (Å²) in [5.74, 6) is -2.89. The van der Waals surface area contributed by atoms with Gasteiger partial charge in [-0.15, -0.1) is 0 Å². The molecule has 3 aromatic carbocycles. The Morgan fingerprint density at radius 2 is 1.22 bits per heavy atom. The molecule has 0 aliphatic carbocycles. The van der Waals surface area contributed by atoms with Crippen LogP contribution in [0.15, 0.2) is 84.9 Å². The van der Waals surface area contributed by atoms with Gasteiger partial charge in [0, 0.05) is 0 Å². The summed E-state index contributed by atoms with van der Waals surface area (Å²) in [6.07, 6.45) is 0.0149. The number of methoxy groups -OCH3 is 1. The number of carbonyl (C=O) groups is 3. The van der Waals surface area contributed by atoms with Crippen LogP contribution in [0, 0.1) is 5.92 Å². The first kappa shape index (κ1) is 27.5. The molecule has 3 rings (SSSR count). The molecule has 0 saturated heterocycles.